The number of nitrogens with zero attached hydrogens (tertiary/aromatic N) is 4. The highest BCUT2D eigenvalue weighted by Crippen LogP contribution is 2.27. The van der Waals surface area contributed by atoms with Crippen LogP contribution in [-0.2, 0) is 13.0 Å². The molecule has 36 heavy (non-hydrogen) atoms. The van der Waals surface area contributed by atoms with E-state index in [2.05, 4.69) is 29.5 Å². The molecule has 0 radical (unpaired) electrons. The molecule has 0 fully saturated rings. The Morgan fingerprint density at radius 1 is 0.972 bits per heavy atom. The van der Waals surface area contributed by atoms with Crippen molar-refractivity contribution in [2.24, 2.45) is 0 Å². The van der Waals surface area contributed by atoms with Gasteiger partial charge in [-0.3, -0.25) is 14.9 Å². The van der Waals surface area contributed by atoms with E-state index in [0.29, 0.717) is 0 Å². The first kappa shape index (κ1) is 23.7. The van der Waals surface area contributed by atoms with Crippen molar-refractivity contribution >= 4 is 23.1 Å². The summed E-state index contributed by atoms with van der Waals surface area (Å²) in [5.74, 6) is -1.22. The predicted molar refractivity (Wildman–Crippen MR) is 126 cm³/mol. The zero-order valence-electron chi connectivity index (χ0n) is 18.1. The van der Waals surface area contributed by atoms with Crippen LogP contribution in [0.15, 0.2) is 53.3 Å². The summed E-state index contributed by atoms with van der Waals surface area (Å²) < 4.78 is 53.2. The van der Waals surface area contributed by atoms with Crippen molar-refractivity contribution in [1.29, 1.82) is 0 Å². The van der Waals surface area contributed by atoms with Gasteiger partial charge in [-0.1, -0.05) is 23.7 Å². The van der Waals surface area contributed by atoms with E-state index in [-0.39, 0.29) is 68.7 Å². The Labute approximate surface area is 210 Å². The molecule has 0 unspecified atom stereocenters. The third-order valence-corrected chi connectivity index (χ3v) is 5.84. The molecule has 0 aliphatic rings. The predicted octanol–water partition coefficient (Wildman–Crippen LogP) is 4.92. The molecule has 0 aliphatic carbocycles. The first-order valence-electron chi connectivity index (χ1n) is 10.4. The van der Waals surface area contributed by atoms with Crippen LogP contribution in [0.5, 0.6) is 5.88 Å². The first-order valence-corrected chi connectivity index (χ1v) is 11.5. The van der Waals surface area contributed by atoms with E-state index in [4.69, 9.17) is 16.3 Å². The molecule has 0 spiro atoms. The van der Waals surface area contributed by atoms with E-state index in [1.54, 1.807) is 6.07 Å². The van der Waals surface area contributed by atoms with Gasteiger partial charge in [-0.2, -0.15) is 9.47 Å². The van der Waals surface area contributed by atoms with Crippen molar-refractivity contribution in [3.8, 4) is 28.8 Å². The fourth-order valence-corrected chi connectivity index (χ4v) is 3.94. The maximum Gasteiger partial charge on any atom is 0.323 e. The summed E-state index contributed by atoms with van der Waals surface area (Å²) in [5, 5.41) is 6.83. The van der Waals surface area contributed by atoms with Crippen molar-refractivity contribution in [2.75, 3.05) is 0 Å². The molecule has 0 saturated heterocycles. The van der Waals surface area contributed by atoms with E-state index in [9.17, 15) is 18.0 Å². The van der Waals surface area contributed by atoms with Crippen molar-refractivity contribution in [2.45, 2.75) is 13.0 Å². The average molecular weight is 531 g/mol. The maximum absolute atomic E-state index is 15.0. The molecule has 3 heterocycles. The largest absolute Gasteiger partial charge is 0.473 e. The van der Waals surface area contributed by atoms with Crippen LogP contribution in [0.25, 0.3) is 22.9 Å². The van der Waals surface area contributed by atoms with E-state index >= 15 is 0 Å². The molecule has 2 aromatic carbocycles. The third kappa shape index (κ3) is 5.14. The molecule has 13 heteroatoms. The van der Waals surface area contributed by atoms with Crippen LogP contribution >= 0.6 is 23.1 Å². The minimum atomic E-state index is -0.705. The summed E-state index contributed by atoms with van der Waals surface area (Å²) in [6, 6.07) is 10.9. The van der Waals surface area contributed by atoms with Gasteiger partial charge in [0.1, 0.15) is 29.9 Å². The standard InChI is InChI=1S/C23H14ClF3N6O2S/c24-13-5-4-11(15(25)8-13)10-35-20-3-1-2-18(28-20)14-9-16(26)12(6-17(14)27)7-19-29-21(32-31-19)22-30-23(34)36-33-22/h1-6,8-9H,7,10H2,(H,29,31,32)(H,30,33,34). The van der Waals surface area contributed by atoms with Gasteiger partial charge < -0.3 is 4.74 Å². The normalized spacial score (nSPS) is 11.1. The fourth-order valence-electron chi connectivity index (χ4n) is 3.34. The molecule has 5 rings (SSSR count). The number of halogens is 4. The quantitative estimate of drug-likeness (QED) is 0.309. The van der Waals surface area contributed by atoms with Crippen LogP contribution in [0.4, 0.5) is 13.2 Å². The molecule has 0 bridgehead atoms. The molecule has 0 aliphatic heterocycles. The topological polar surface area (TPSA) is 109 Å². The lowest BCUT2D eigenvalue weighted by Gasteiger charge is -2.10. The summed E-state index contributed by atoms with van der Waals surface area (Å²) in [4.78, 5) is 21.7. The lowest BCUT2D eigenvalue weighted by atomic mass is 10.0. The van der Waals surface area contributed by atoms with Crippen LogP contribution < -0.4 is 9.61 Å². The number of aromatic nitrogens is 6. The molecule has 0 amide bonds. The van der Waals surface area contributed by atoms with Gasteiger partial charge in [0.05, 0.1) is 5.69 Å². The molecule has 0 saturated carbocycles. The van der Waals surface area contributed by atoms with E-state index in [1.165, 1.54) is 30.3 Å². The molecular weight excluding hydrogens is 517 g/mol. The van der Waals surface area contributed by atoms with Crippen molar-refractivity contribution in [3.63, 3.8) is 0 Å². The molecule has 5 aromatic rings. The van der Waals surface area contributed by atoms with E-state index in [1.807, 2.05) is 0 Å². The third-order valence-electron chi connectivity index (χ3n) is 5.07. The fraction of sp³-hybridized carbons (Fsp3) is 0.0870. The molecule has 3 aromatic heterocycles. The van der Waals surface area contributed by atoms with Gasteiger partial charge in [-0.15, -0.1) is 0 Å². The Kier molecular flexibility index (Phi) is 6.53. The van der Waals surface area contributed by atoms with Gasteiger partial charge in [0.2, 0.25) is 11.7 Å². The number of hydrogen-bond donors (Lipinski definition) is 2. The number of aromatic amines is 2. The number of hydrogen-bond acceptors (Lipinski definition) is 7. The number of benzene rings is 2. The van der Waals surface area contributed by atoms with Gasteiger partial charge in [-0.25, -0.2) is 23.1 Å². The SMILES string of the molecule is O=c1[nH]c(-c2n[nH]c(Cc3cc(F)c(-c4cccc(OCc5ccc(Cl)cc5F)n4)cc3F)n2)ns1. The minimum absolute atomic E-state index is 0.0383. The van der Waals surface area contributed by atoms with Crippen LogP contribution in [0, 0.1) is 17.5 Å². The maximum atomic E-state index is 15.0. The number of pyridine rings is 1. The highest BCUT2D eigenvalue weighted by molar-refractivity contribution is 7.03. The Balaban J connectivity index is 1.33. The van der Waals surface area contributed by atoms with Gasteiger partial charge >= 0.3 is 4.87 Å². The van der Waals surface area contributed by atoms with Crippen molar-refractivity contribution in [1.82, 2.24) is 29.5 Å². The second-order valence-corrected chi connectivity index (χ2v) is 8.71. The van der Waals surface area contributed by atoms with Crippen molar-refractivity contribution < 1.29 is 17.9 Å². The molecule has 2 N–H and O–H groups in total. The zero-order chi connectivity index (χ0) is 25.2. The Hall–Kier alpha value is -4.03. The number of H-pyrrole nitrogens is 2. The van der Waals surface area contributed by atoms with Gasteiger partial charge in [0.15, 0.2) is 5.82 Å². The van der Waals surface area contributed by atoms with Crippen LogP contribution in [-0.4, -0.2) is 29.5 Å². The van der Waals surface area contributed by atoms with Crippen LogP contribution in [0.2, 0.25) is 5.02 Å². The smallest absolute Gasteiger partial charge is 0.323 e. The summed E-state index contributed by atoms with van der Waals surface area (Å²) >= 11 is 6.47. The number of ether oxygens (including phenoxy) is 1. The van der Waals surface area contributed by atoms with Gasteiger partial charge in [0, 0.05) is 40.2 Å². The Morgan fingerprint density at radius 2 is 1.81 bits per heavy atom. The first-order chi connectivity index (χ1) is 17.4. The van der Waals surface area contributed by atoms with Gasteiger partial charge in [0.25, 0.3) is 0 Å². The van der Waals surface area contributed by atoms with Gasteiger partial charge in [-0.05, 0) is 35.9 Å². The van der Waals surface area contributed by atoms with Crippen LogP contribution in [0.3, 0.4) is 0 Å². The summed E-state index contributed by atoms with van der Waals surface area (Å²) in [7, 11) is 0. The molecule has 182 valence electrons. The lowest BCUT2D eigenvalue weighted by Crippen LogP contribution is -2.02. The average Bonchev–Trinajstić information content (AvgIpc) is 3.50. The van der Waals surface area contributed by atoms with Crippen LogP contribution in [0.1, 0.15) is 17.0 Å². The molecular formula is C23H14ClF3N6O2S. The highest BCUT2D eigenvalue weighted by atomic mass is 35.5. The Bertz CT molecular complexity index is 1620. The number of nitrogens with one attached hydrogen (secondary N) is 2. The minimum Gasteiger partial charge on any atom is -0.473 e. The van der Waals surface area contributed by atoms with E-state index in [0.717, 1.165) is 23.7 Å². The van der Waals surface area contributed by atoms with E-state index < -0.39 is 17.5 Å². The summed E-state index contributed by atoms with van der Waals surface area (Å²) in [6.45, 7) is -0.122. The summed E-state index contributed by atoms with van der Waals surface area (Å²) in [5.41, 5.74) is 0.375. The second-order valence-electron chi connectivity index (χ2n) is 7.54. The molecule has 8 nitrogen and oxygen atoms in total. The highest BCUT2D eigenvalue weighted by Gasteiger charge is 2.16. The summed E-state index contributed by atoms with van der Waals surface area (Å²) in [6.07, 6.45) is -0.0758. The lowest BCUT2D eigenvalue weighted by molar-refractivity contribution is 0.288. The molecule has 0 atom stereocenters. The Morgan fingerprint density at radius 3 is 2.58 bits per heavy atom. The second kappa shape index (κ2) is 9.91. The monoisotopic (exact) mass is 530 g/mol. The number of rotatable bonds is 7. The van der Waals surface area contributed by atoms with Crippen molar-refractivity contribution in [3.05, 3.63) is 97.6 Å². The zero-order valence-corrected chi connectivity index (χ0v) is 19.6.